The Hall–Kier alpha value is -2.88. The van der Waals surface area contributed by atoms with Crippen molar-refractivity contribution < 1.29 is 27.5 Å². The molecule has 1 aromatic carbocycles. The highest BCUT2D eigenvalue weighted by atomic mass is 19.2. The number of hydrogen-bond acceptors (Lipinski definition) is 4. The van der Waals surface area contributed by atoms with Gasteiger partial charge in [0.05, 0.1) is 16.9 Å². The predicted molar refractivity (Wildman–Crippen MR) is 105 cm³/mol. The molecule has 0 saturated heterocycles. The molecular formula is C21H19F4N3O3. The number of halogens is 4. The smallest absolute Gasteiger partial charge is 0.341 e. The summed E-state index contributed by atoms with van der Waals surface area (Å²) in [6, 6.07) is -0.938. The summed E-state index contributed by atoms with van der Waals surface area (Å²) in [5.74, 6) is -6.03. The largest absolute Gasteiger partial charge is 0.477 e. The fourth-order valence-electron chi connectivity index (χ4n) is 4.66. The highest BCUT2D eigenvalue weighted by Gasteiger charge is 2.42. The first-order valence-corrected chi connectivity index (χ1v) is 9.95. The number of aromatic carboxylic acids is 1. The lowest BCUT2D eigenvalue weighted by molar-refractivity contribution is 0.0694. The second kappa shape index (κ2) is 6.81. The van der Waals surface area contributed by atoms with Crippen LogP contribution < -0.4 is 10.3 Å². The second-order valence-electron chi connectivity index (χ2n) is 8.47. The Balaban J connectivity index is 1.73. The van der Waals surface area contributed by atoms with E-state index in [1.807, 2.05) is 7.05 Å². The van der Waals surface area contributed by atoms with Crippen LogP contribution in [0.15, 0.2) is 22.1 Å². The van der Waals surface area contributed by atoms with Crippen LogP contribution in [0.5, 0.6) is 0 Å². The molecule has 6 nitrogen and oxygen atoms in total. The fourth-order valence-corrected chi connectivity index (χ4v) is 4.66. The number of rotatable bonds is 3. The number of alkyl halides is 1. The van der Waals surface area contributed by atoms with E-state index in [9.17, 15) is 19.1 Å². The summed E-state index contributed by atoms with van der Waals surface area (Å²) in [6.45, 7) is 1.89. The molecule has 0 amide bonds. The van der Waals surface area contributed by atoms with Crippen LogP contribution in [0.4, 0.5) is 23.2 Å². The first kappa shape index (κ1) is 20.0. The predicted octanol–water partition coefficient (Wildman–Crippen LogP) is 2.85. The van der Waals surface area contributed by atoms with Gasteiger partial charge in [-0.1, -0.05) is 0 Å². The number of carboxylic acids is 1. The van der Waals surface area contributed by atoms with Crippen LogP contribution in [0.25, 0.3) is 10.9 Å². The van der Waals surface area contributed by atoms with Crippen LogP contribution in [-0.4, -0.2) is 59.9 Å². The van der Waals surface area contributed by atoms with Gasteiger partial charge in [0.1, 0.15) is 17.4 Å². The Labute approximate surface area is 174 Å². The van der Waals surface area contributed by atoms with Crippen LogP contribution in [0, 0.1) is 17.5 Å². The zero-order chi connectivity index (χ0) is 22.2. The quantitative estimate of drug-likeness (QED) is 0.455. The summed E-state index contributed by atoms with van der Waals surface area (Å²) >= 11 is 0. The summed E-state index contributed by atoms with van der Waals surface area (Å²) in [4.78, 5) is 27.5. The fraction of sp³-hybridized carbons (Fsp3) is 0.429. The normalized spacial score (nSPS) is 23.6. The number of aromatic nitrogens is 1. The third kappa shape index (κ3) is 2.95. The lowest BCUT2D eigenvalue weighted by Gasteiger charge is -2.23. The van der Waals surface area contributed by atoms with Gasteiger partial charge in [0, 0.05) is 38.8 Å². The summed E-state index contributed by atoms with van der Waals surface area (Å²) < 4.78 is 60.6. The van der Waals surface area contributed by atoms with E-state index < -0.39 is 63.2 Å². The van der Waals surface area contributed by atoms with E-state index in [1.54, 1.807) is 0 Å². The molecule has 31 heavy (non-hydrogen) atoms. The molecule has 5 rings (SSSR count). The maximum absolute atomic E-state index is 15.7. The topological polar surface area (TPSA) is 65.8 Å². The molecule has 2 atom stereocenters. The number of carboxylic acid groups (broad SMARTS) is 1. The van der Waals surface area contributed by atoms with Crippen molar-refractivity contribution in [2.24, 2.45) is 0 Å². The standard InChI is InChI=1S/C21H19F4N3O3/c1-26-3-2-9-6-27(7-10(9)5-26)19-16(24)15(23)14-18(17(19)25)28(13-4-12(13)22)8-11(20(14)29)21(30)31/h8,12-13H,2-7H2,1H3,(H,30,31)/t12-,13+/m0/s1. The van der Waals surface area contributed by atoms with Gasteiger partial charge in [0.25, 0.3) is 0 Å². The van der Waals surface area contributed by atoms with E-state index in [0.29, 0.717) is 6.54 Å². The molecule has 0 radical (unpaired) electrons. The number of pyridine rings is 1. The van der Waals surface area contributed by atoms with Crippen molar-refractivity contribution in [3.05, 3.63) is 50.6 Å². The number of nitrogens with zero attached hydrogens (tertiary/aromatic N) is 3. The lowest BCUT2D eigenvalue weighted by atomic mass is 10.0. The van der Waals surface area contributed by atoms with Gasteiger partial charge in [-0.25, -0.2) is 22.4 Å². The van der Waals surface area contributed by atoms with Gasteiger partial charge >= 0.3 is 5.97 Å². The minimum absolute atomic E-state index is 0.0311. The molecule has 0 unspecified atom stereocenters. The van der Waals surface area contributed by atoms with Crippen molar-refractivity contribution in [1.29, 1.82) is 0 Å². The van der Waals surface area contributed by atoms with Crippen molar-refractivity contribution in [2.45, 2.75) is 25.1 Å². The number of fused-ring (bicyclic) bond motifs is 1. The number of likely N-dealkylation sites (N-methyl/N-ethyl adjacent to an activating group) is 1. The van der Waals surface area contributed by atoms with Crippen molar-refractivity contribution >= 4 is 22.6 Å². The van der Waals surface area contributed by atoms with E-state index in [1.165, 1.54) is 4.90 Å². The molecule has 3 aliphatic rings. The molecule has 1 aromatic heterocycles. The first-order valence-electron chi connectivity index (χ1n) is 9.95. The van der Waals surface area contributed by atoms with Gasteiger partial charge in [-0.15, -0.1) is 0 Å². The maximum Gasteiger partial charge on any atom is 0.341 e. The summed E-state index contributed by atoms with van der Waals surface area (Å²) in [5.41, 5.74) is -1.36. The number of benzene rings is 1. The Morgan fingerprint density at radius 3 is 2.42 bits per heavy atom. The van der Waals surface area contributed by atoms with Gasteiger partial charge in [-0.3, -0.25) is 4.79 Å². The van der Waals surface area contributed by atoms with E-state index in [-0.39, 0.29) is 19.5 Å². The molecule has 1 fully saturated rings. The molecule has 0 spiro atoms. The van der Waals surface area contributed by atoms with E-state index in [4.69, 9.17) is 0 Å². The van der Waals surface area contributed by atoms with E-state index in [2.05, 4.69) is 4.90 Å². The van der Waals surface area contributed by atoms with Gasteiger partial charge in [-0.05, 0) is 24.6 Å². The molecule has 3 heterocycles. The highest BCUT2D eigenvalue weighted by Crippen LogP contribution is 2.43. The minimum Gasteiger partial charge on any atom is -0.477 e. The van der Waals surface area contributed by atoms with Gasteiger partial charge in [-0.2, -0.15) is 0 Å². The SMILES string of the molecule is CN1CCC2=C(C1)CN(c1c(F)c(F)c3c(=O)c(C(=O)O)cn([C@@H]4C[C@@H]4F)c3c1F)C2. The average molecular weight is 437 g/mol. The molecule has 2 aliphatic heterocycles. The Bertz CT molecular complexity index is 1240. The molecule has 2 aromatic rings. The zero-order valence-electron chi connectivity index (χ0n) is 16.6. The van der Waals surface area contributed by atoms with Crippen LogP contribution in [0.3, 0.4) is 0 Å². The zero-order valence-corrected chi connectivity index (χ0v) is 16.6. The molecule has 10 heteroatoms. The lowest BCUT2D eigenvalue weighted by Crippen LogP contribution is -2.28. The van der Waals surface area contributed by atoms with Crippen molar-refractivity contribution in [3.63, 3.8) is 0 Å². The Morgan fingerprint density at radius 1 is 1.10 bits per heavy atom. The number of carbonyl (C=O) groups is 1. The van der Waals surface area contributed by atoms with Crippen LogP contribution in [0.1, 0.15) is 29.2 Å². The van der Waals surface area contributed by atoms with E-state index >= 15 is 13.2 Å². The monoisotopic (exact) mass is 437 g/mol. The van der Waals surface area contributed by atoms with Crippen molar-refractivity contribution in [3.8, 4) is 0 Å². The molecule has 1 N–H and O–H groups in total. The Kier molecular flexibility index (Phi) is 4.40. The van der Waals surface area contributed by atoms with Crippen LogP contribution in [0.2, 0.25) is 0 Å². The average Bonchev–Trinajstić information content (AvgIpc) is 3.29. The van der Waals surface area contributed by atoms with Crippen LogP contribution in [-0.2, 0) is 0 Å². The van der Waals surface area contributed by atoms with Crippen molar-refractivity contribution in [1.82, 2.24) is 9.47 Å². The third-order valence-electron chi connectivity index (χ3n) is 6.38. The Morgan fingerprint density at radius 2 is 1.77 bits per heavy atom. The van der Waals surface area contributed by atoms with E-state index in [0.717, 1.165) is 34.9 Å². The maximum atomic E-state index is 15.7. The molecule has 164 valence electrons. The summed E-state index contributed by atoms with van der Waals surface area (Å²) in [7, 11) is 1.94. The summed E-state index contributed by atoms with van der Waals surface area (Å²) in [6.07, 6.45) is 0.139. The summed E-state index contributed by atoms with van der Waals surface area (Å²) in [5, 5.41) is 8.27. The molecule has 1 aliphatic carbocycles. The molecule has 1 saturated carbocycles. The third-order valence-corrected chi connectivity index (χ3v) is 6.38. The number of hydrogen-bond donors (Lipinski definition) is 1. The molecule has 0 bridgehead atoms. The first-order chi connectivity index (χ1) is 14.7. The van der Waals surface area contributed by atoms with Crippen LogP contribution >= 0.6 is 0 Å². The molecular weight excluding hydrogens is 418 g/mol. The second-order valence-corrected chi connectivity index (χ2v) is 8.47. The van der Waals surface area contributed by atoms with Gasteiger partial charge < -0.3 is 19.5 Å². The number of anilines is 1. The van der Waals surface area contributed by atoms with Gasteiger partial charge in [0.15, 0.2) is 17.5 Å². The highest BCUT2D eigenvalue weighted by molar-refractivity contribution is 5.94. The van der Waals surface area contributed by atoms with Gasteiger partial charge in [0.2, 0.25) is 5.43 Å². The minimum atomic E-state index is -1.68. The van der Waals surface area contributed by atoms with Crippen molar-refractivity contribution in [2.75, 3.05) is 38.1 Å².